The highest BCUT2D eigenvalue weighted by atomic mass is 19.1. The predicted octanol–water partition coefficient (Wildman–Crippen LogP) is 2.48. The van der Waals surface area contributed by atoms with Crippen LogP contribution in [0, 0.1) is 5.82 Å². The van der Waals surface area contributed by atoms with Gasteiger partial charge in [0.15, 0.2) is 5.78 Å². The number of rotatable bonds is 4. The summed E-state index contributed by atoms with van der Waals surface area (Å²) in [6, 6.07) is 10.0. The van der Waals surface area contributed by atoms with E-state index in [1.54, 1.807) is 40.8 Å². The summed E-state index contributed by atoms with van der Waals surface area (Å²) in [6.07, 6.45) is 1.82. The van der Waals surface area contributed by atoms with Crippen molar-refractivity contribution < 1.29 is 9.18 Å². The first-order valence-electron chi connectivity index (χ1n) is 5.70. The average Bonchev–Trinajstić information content (AvgIpc) is 2.76. The van der Waals surface area contributed by atoms with Gasteiger partial charge in [0, 0.05) is 20.3 Å². The lowest BCUT2D eigenvalue weighted by molar-refractivity contribution is 0.0992. The van der Waals surface area contributed by atoms with Crippen LogP contribution < -0.4 is 4.90 Å². The third-order valence-electron chi connectivity index (χ3n) is 2.87. The van der Waals surface area contributed by atoms with E-state index in [0.29, 0.717) is 11.4 Å². The molecule has 0 saturated heterocycles. The Morgan fingerprint density at radius 3 is 2.61 bits per heavy atom. The van der Waals surface area contributed by atoms with Crippen LogP contribution in [-0.2, 0) is 7.05 Å². The molecule has 0 atom stereocenters. The number of Topliss-reactive ketones (excluding diaryl/α,β-unsaturated/α-hetero) is 1. The van der Waals surface area contributed by atoms with Crippen molar-refractivity contribution in [3.8, 4) is 0 Å². The van der Waals surface area contributed by atoms with Crippen molar-refractivity contribution in [3.63, 3.8) is 0 Å². The lowest BCUT2D eigenvalue weighted by Gasteiger charge is -2.19. The Morgan fingerprint density at radius 2 is 2.00 bits per heavy atom. The van der Waals surface area contributed by atoms with Crippen LogP contribution in [0.2, 0.25) is 0 Å². The maximum absolute atomic E-state index is 13.6. The molecule has 0 aliphatic heterocycles. The van der Waals surface area contributed by atoms with E-state index in [4.69, 9.17) is 0 Å². The molecule has 0 N–H and O–H groups in total. The molecule has 0 aliphatic carbocycles. The molecular formula is C14H15FN2O. The number of benzene rings is 1. The molecule has 3 nitrogen and oxygen atoms in total. The van der Waals surface area contributed by atoms with Crippen molar-refractivity contribution in [3.05, 3.63) is 54.1 Å². The quantitative estimate of drug-likeness (QED) is 0.774. The van der Waals surface area contributed by atoms with Gasteiger partial charge in [-0.1, -0.05) is 12.1 Å². The number of likely N-dealkylation sites (N-methyl/N-ethyl adjacent to an activating group) is 1. The Bertz CT molecular complexity index is 562. The number of anilines is 1. The number of carbonyl (C=O) groups excluding carboxylic acids is 1. The van der Waals surface area contributed by atoms with Crippen LogP contribution in [0.5, 0.6) is 0 Å². The van der Waals surface area contributed by atoms with Gasteiger partial charge >= 0.3 is 0 Å². The molecule has 0 radical (unpaired) electrons. The van der Waals surface area contributed by atoms with Crippen LogP contribution in [-0.4, -0.2) is 23.9 Å². The van der Waals surface area contributed by atoms with Crippen molar-refractivity contribution in [2.24, 2.45) is 7.05 Å². The molecule has 18 heavy (non-hydrogen) atoms. The molecule has 0 unspecified atom stereocenters. The lowest BCUT2D eigenvalue weighted by Crippen LogP contribution is -2.27. The molecule has 1 heterocycles. The van der Waals surface area contributed by atoms with Crippen LogP contribution in [0.3, 0.4) is 0 Å². The number of para-hydroxylation sites is 1. The minimum atomic E-state index is -0.320. The summed E-state index contributed by atoms with van der Waals surface area (Å²) >= 11 is 0. The summed E-state index contributed by atoms with van der Waals surface area (Å²) in [5.41, 5.74) is 1.05. The minimum Gasteiger partial charge on any atom is -0.364 e. The van der Waals surface area contributed by atoms with Gasteiger partial charge < -0.3 is 9.47 Å². The normalized spacial score (nSPS) is 10.4. The standard InChI is InChI=1S/C14H15FN2O/c1-16-9-5-8-13(16)14(18)10-17(2)12-7-4-3-6-11(12)15/h3-9H,10H2,1-2H3. The number of hydrogen-bond donors (Lipinski definition) is 0. The van der Waals surface area contributed by atoms with Gasteiger partial charge in [-0.3, -0.25) is 4.79 Å². The SMILES string of the molecule is CN(CC(=O)c1cccn1C)c1ccccc1F. The molecule has 4 heteroatoms. The van der Waals surface area contributed by atoms with Gasteiger partial charge in [-0.2, -0.15) is 0 Å². The third kappa shape index (κ3) is 2.42. The van der Waals surface area contributed by atoms with Gasteiger partial charge in [0.2, 0.25) is 0 Å². The van der Waals surface area contributed by atoms with Gasteiger partial charge in [0.1, 0.15) is 5.82 Å². The fourth-order valence-corrected chi connectivity index (χ4v) is 1.89. The molecule has 0 bridgehead atoms. The zero-order valence-corrected chi connectivity index (χ0v) is 10.4. The summed E-state index contributed by atoms with van der Waals surface area (Å²) in [5, 5.41) is 0. The van der Waals surface area contributed by atoms with Crippen molar-refractivity contribution in [1.29, 1.82) is 0 Å². The molecule has 0 saturated carbocycles. The third-order valence-corrected chi connectivity index (χ3v) is 2.87. The molecule has 0 fully saturated rings. The van der Waals surface area contributed by atoms with Crippen LogP contribution in [0.1, 0.15) is 10.5 Å². The topological polar surface area (TPSA) is 25.2 Å². The maximum atomic E-state index is 13.6. The second kappa shape index (κ2) is 5.04. The van der Waals surface area contributed by atoms with Crippen molar-refractivity contribution >= 4 is 11.5 Å². The lowest BCUT2D eigenvalue weighted by atomic mass is 10.2. The van der Waals surface area contributed by atoms with E-state index < -0.39 is 0 Å². The van der Waals surface area contributed by atoms with Crippen molar-refractivity contribution in [2.75, 3.05) is 18.5 Å². The molecule has 0 spiro atoms. The van der Waals surface area contributed by atoms with Gasteiger partial charge in [-0.15, -0.1) is 0 Å². The molecule has 1 aromatic carbocycles. The van der Waals surface area contributed by atoms with E-state index in [0.717, 1.165) is 0 Å². The minimum absolute atomic E-state index is 0.0340. The summed E-state index contributed by atoms with van der Waals surface area (Å²) in [7, 11) is 3.52. The first-order chi connectivity index (χ1) is 8.59. The Hall–Kier alpha value is -2.10. The Kier molecular flexibility index (Phi) is 3.46. The van der Waals surface area contributed by atoms with Crippen LogP contribution in [0.25, 0.3) is 0 Å². The van der Waals surface area contributed by atoms with E-state index in [1.807, 2.05) is 19.3 Å². The predicted molar refractivity (Wildman–Crippen MR) is 69.4 cm³/mol. The highest BCUT2D eigenvalue weighted by Crippen LogP contribution is 2.17. The largest absolute Gasteiger partial charge is 0.364 e. The van der Waals surface area contributed by atoms with E-state index in [9.17, 15) is 9.18 Å². The molecule has 2 rings (SSSR count). The molecule has 0 amide bonds. The van der Waals surface area contributed by atoms with Crippen LogP contribution in [0.4, 0.5) is 10.1 Å². The number of aryl methyl sites for hydroxylation is 1. The van der Waals surface area contributed by atoms with Gasteiger partial charge in [-0.25, -0.2) is 4.39 Å². The van der Waals surface area contributed by atoms with Crippen molar-refractivity contribution in [1.82, 2.24) is 4.57 Å². The zero-order valence-electron chi connectivity index (χ0n) is 10.4. The number of aromatic nitrogens is 1. The summed E-state index contributed by atoms with van der Waals surface area (Å²) in [4.78, 5) is 13.7. The summed E-state index contributed by atoms with van der Waals surface area (Å²) in [6.45, 7) is 0.152. The van der Waals surface area contributed by atoms with E-state index >= 15 is 0 Å². The number of carbonyl (C=O) groups is 1. The van der Waals surface area contributed by atoms with Gasteiger partial charge in [0.05, 0.1) is 17.9 Å². The zero-order chi connectivity index (χ0) is 13.1. The van der Waals surface area contributed by atoms with E-state index in [2.05, 4.69) is 0 Å². The molecule has 1 aromatic heterocycles. The maximum Gasteiger partial charge on any atom is 0.198 e. The average molecular weight is 246 g/mol. The molecular weight excluding hydrogens is 231 g/mol. The first-order valence-corrected chi connectivity index (χ1v) is 5.70. The second-order valence-corrected chi connectivity index (χ2v) is 4.23. The van der Waals surface area contributed by atoms with E-state index in [-0.39, 0.29) is 18.1 Å². The Labute approximate surface area is 105 Å². The summed E-state index contributed by atoms with van der Waals surface area (Å²) in [5.74, 6) is -0.354. The number of hydrogen-bond acceptors (Lipinski definition) is 2. The highest BCUT2D eigenvalue weighted by molar-refractivity contribution is 5.97. The van der Waals surface area contributed by atoms with Crippen LogP contribution >= 0.6 is 0 Å². The number of ketones is 1. The van der Waals surface area contributed by atoms with Crippen molar-refractivity contribution in [2.45, 2.75) is 0 Å². The van der Waals surface area contributed by atoms with Gasteiger partial charge in [-0.05, 0) is 24.3 Å². The van der Waals surface area contributed by atoms with Gasteiger partial charge in [0.25, 0.3) is 0 Å². The Morgan fingerprint density at radius 1 is 1.28 bits per heavy atom. The second-order valence-electron chi connectivity index (χ2n) is 4.23. The smallest absolute Gasteiger partial charge is 0.198 e. The fraction of sp³-hybridized carbons (Fsp3) is 0.214. The monoisotopic (exact) mass is 246 g/mol. The molecule has 94 valence electrons. The Balaban J connectivity index is 2.13. The molecule has 2 aromatic rings. The first kappa shape index (κ1) is 12.4. The number of nitrogens with zero attached hydrogens (tertiary/aromatic N) is 2. The van der Waals surface area contributed by atoms with E-state index in [1.165, 1.54) is 6.07 Å². The van der Waals surface area contributed by atoms with Crippen LogP contribution in [0.15, 0.2) is 42.6 Å². The number of halogens is 1. The highest BCUT2D eigenvalue weighted by Gasteiger charge is 2.14. The summed E-state index contributed by atoms with van der Waals surface area (Å²) < 4.78 is 15.3. The fourth-order valence-electron chi connectivity index (χ4n) is 1.89. The molecule has 0 aliphatic rings.